The lowest BCUT2D eigenvalue weighted by atomic mass is 9.82. The minimum Gasteiger partial charge on any atom is -0.381 e. The number of hydrogen-bond donors (Lipinski definition) is 0. The van der Waals surface area contributed by atoms with Gasteiger partial charge in [-0.1, -0.05) is 6.08 Å². The molecule has 2 aliphatic rings. The topological polar surface area (TPSA) is 54.0 Å². The molecule has 6 heteroatoms. The highest BCUT2D eigenvalue weighted by atomic mass is 31.2. The second-order valence-electron chi connectivity index (χ2n) is 5.75. The second kappa shape index (κ2) is 9.06. The lowest BCUT2D eigenvalue weighted by Gasteiger charge is -2.26. The van der Waals surface area contributed by atoms with Gasteiger partial charge in [-0.15, -0.1) is 6.58 Å². The summed E-state index contributed by atoms with van der Waals surface area (Å²) in [5, 5.41) is 0. The maximum Gasteiger partial charge on any atom is 0.474 e. The van der Waals surface area contributed by atoms with Crippen LogP contribution in [0, 0.1) is 11.8 Å². The van der Waals surface area contributed by atoms with Crippen LogP contribution in [0.2, 0.25) is 0 Å². The summed E-state index contributed by atoms with van der Waals surface area (Å²) in [5.74, 6) is 1.41. The summed E-state index contributed by atoms with van der Waals surface area (Å²) < 4.78 is 32.4. The summed E-state index contributed by atoms with van der Waals surface area (Å²) in [5.41, 5.74) is 0. The van der Waals surface area contributed by atoms with E-state index in [1.165, 1.54) is 25.7 Å². The molecule has 2 fully saturated rings. The number of rotatable bonds is 9. The van der Waals surface area contributed by atoms with Crippen LogP contribution in [0.25, 0.3) is 0 Å². The van der Waals surface area contributed by atoms with Crippen LogP contribution in [0.3, 0.4) is 0 Å². The van der Waals surface area contributed by atoms with Crippen LogP contribution in [0.1, 0.15) is 38.5 Å². The van der Waals surface area contributed by atoms with Gasteiger partial charge in [-0.3, -0.25) is 13.6 Å². The molecule has 0 amide bonds. The SMILES string of the molecule is C=CC1CCC(COCCCCOP2(=O)OCCO2)CC1. The largest absolute Gasteiger partial charge is 0.474 e. The van der Waals surface area contributed by atoms with Gasteiger partial charge < -0.3 is 4.74 Å². The number of phosphoric acid groups is 1. The number of hydrogen-bond acceptors (Lipinski definition) is 5. The zero-order chi connectivity index (χ0) is 15.0. The molecule has 1 saturated heterocycles. The summed E-state index contributed by atoms with van der Waals surface area (Å²) in [4.78, 5) is 0. The van der Waals surface area contributed by atoms with Crippen molar-refractivity contribution >= 4 is 7.82 Å². The van der Waals surface area contributed by atoms with Crippen molar-refractivity contribution in [3.63, 3.8) is 0 Å². The Morgan fingerprint density at radius 3 is 2.43 bits per heavy atom. The van der Waals surface area contributed by atoms with Gasteiger partial charge in [-0.05, 0) is 50.4 Å². The Kier molecular flexibility index (Phi) is 7.41. The minimum absolute atomic E-state index is 0.356. The lowest BCUT2D eigenvalue weighted by Crippen LogP contribution is -2.18. The van der Waals surface area contributed by atoms with Crippen molar-refractivity contribution < 1.29 is 22.9 Å². The highest BCUT2D eigenvalue weighted by molar-refractivity contribution is 7.48. The van der Waals surface area contributed by atoms with Crippen molar-refractivity contribution in [2.75, 3.05) is 33.0 Å². The van der Waals surface area contributed by atoms with Crippen molar-refractivity contribution in [3.05, 3.63) is 12.7 Å². The van der Waals surface area contributed by atoms with E-state index < -0.39 is 7.82 Å². The minimum atomic E-state index is -3.21. The molecule has 0 aromatic heterocycles. The molecule has 5 nitrogen and oxygen atoms in total. The van der Waals surface area contributed by atoms with Gasteiger partial charge in [-0.2, -0.15) is 0 Å². The molecule has 0 radical (unpaired) electrons. The number of allylic oxidation sites excluding steroid dienone is 1. The van der Waals surface area contributed by atoms with Crippen LogP contribution >= 0.6 is 7.82 Å². The fourth-order valence-corrected chi connectivity index (χ4v) is 3.91. The smallest absolute Gasteiger partial charge is 0.381 e. The Hall–Kier alpha value is -0.190. The summed E-state index contributed by atoms with van der Waals surface area (Å²) in [7, 11) is -3.21. The highest BCUT2D eigenvalue weighted by Gasteiger charge is 2.31. The first-order valence-corrected chi connectivity index (χ1v) is 9.42. The van der Waals surface area contributed by atoms with Gasteiger partial charge in [0.2, 0.25) is 0 Å². The normalized spacial score (nSPS) is 28.6. The molecular formula is C15H27O5P. The van der Waals surface area contributed by atoms with E-state index in [1.807, 2.05) is 0 Å². The van der Waals surface area contributed by atoms with Crippen LogP contribution < -0.4 is 0 Å². The number of ether oxygens (including phenoxy) is 1. The standard InChI is InChI=1S/C15H27O5P/c1-2-14-5-7-15(8-6-14)13-17-9-3-4-10-18-21(16)19-11-12-20-21/h2,14-15H,1,3-13H2. The summed E-state index contributed by atoms with van der Waals surface area (Å²) in [6, 6.07) is 0. The fourth-order valence-electron chi connectivity index (χ4n) is 2.73. The van der Waals surface area contributed by atoms with E-state index in [-0.39, 0.29) is 0 Å². The van der Waals surface area contributed by atoms with Crippen molar-refractivity contribution in [2.45, 2.75) is 38.5 Å². The van der Waals surface area contributed by atoms with E-state index in [2.05, 4.69) is 12.7 Å². The van der Waals surface area contributed by atoms with Crippen molar-refractivity contribution in [1.82, 2.24) is 0 Å². The average molecular weight is 318 g/mol. The summed E-state index contributed by atoms with van der Waals surface area (Å²) in [6.45, 7) is 6.56. The summed E-state index contributed by atoms with van der Waals surface area (Å²) >= 11 is 0. The second-order valence-corrected chi connectivity index (χ2v) is 7.41. The molecule has 1 aliphatic carbocycles. The molecule has 0 atom stereocenters. The third-order valence-corrected chi connectivity index (χ3v) is 5.59. The molecular weight excluding hydrogens is 291 g/mol. The van der Waals surface area contributed by atoms with Crippen molar-refractivity contribution in [1.29, 1.82) is 0 Å². The quantitative estimate of drug-likeness (QED) is 0.366. The van der Waals surface area contributed by atoms with Crippen LogP contribution in [0.5, 0.6) is 0 Å². The lowest BCUT2D eigenvalue weighted by molar-refractivity contribution is 0.0757. The molecule has 1 aliphatic heterocycles. The van der Waals surface area contributed by atoms with Crippen LogP contribution in [0.15, 0.2) is 12.7 Å². The van der Waals surface area contributed by atoms with Gasteiger partial charge >= 0.3 is 7.82 Å². The monoisotopic (exact) mass is 318 g/mol. The highest BCUT2D eigenvalue weighted by Crippen LogP contribution is 2.52. The first kappa shape index (κ1) is 17.2. The molecule has 1 heterocycles. The van der Waals surface area contributed by atoms with E-state index in [4.69, 9.17) is 18.3 Å². The Morgan fingerprint density at radius 2 is 1.76 bits per heavy atom. The molecule has 0 bridgehead atoms. The third kappa shape index (κ3) is 6.21. The van der Waals surface area contributed by atoms with Gasteiger partial charge in [-0.25, -0.2) is 4.57 Å². The predicted molar refractivity (Wildman–Crippen MR) is 81.2 cm³/mol. The average Bonchev–Trinajstić information content (AvgIpc) is 2.94. The molecule has 0 spiro atoms. The van der Waals surface area contributed by atoms with E-state index in [0.717, 1.165) is 26.1 Å². The van der Waals surface area contributed by atoms with E-state index in [1.54, 1.807) is 0 Å². The van der Waals surface area contributed by atoms with Crippen molar-refractivity contribution in [2.24, 2.45) is 11.8 Å². The zero-order valence-electron chi connectivity index (χ0n) is 12.7. The van der Waals surface area contributed by atoms with Gasteiger partial charge in [0.25, 0.3) is 0 Å². The van der Waals surface area contributed by atoms with Crippen molar-refractivity contribution in [3.8, 4) is 0 Å². The maximum absolute atomic E-state index is 11.7. The first-order valence-electron chi connectivity index (χ1n) is 7.96. The van der Waals surface area contributed by atoms with Crippen LogP contribution in [0.4, 0.5) is 0 Å². The van der Waals surface area contributed by atoms with E-state index >= 15 is 0 Å². The van der Waals surface area contributed by atoms with E-state index in [0.29, 0.717) is 31.7 Å². The molecule has 0 aromatic carbocycles. The van der Waals surface area contributed by atoms with E-state index in [9.17, 15) is 4.57 Å². The molecule has 0 unspecified atom stereocenters. The Morgan fingerprint density at radius 1 is 1.10 bits per heavy atom. The molecule has 0 aromatic rings. The predicted octanol–water partition coefficient (Wildman–Crippen LogP) is 3.95. The van der Waals surface area contributed by atoms with Gasteiger partial charge in [0.05, 0.1) is 19.8 Å². The molecule has 21 heavy (non-hydrogen) atoms. The van der Waals surface area contributed by atoms with Crippen LogP contribution in [-0.4, -0.2) is 33.0 Å². The molecule has 122 valence electrons. The number of unbranched alkanes of at least 4 members (excludes halogenated alkanes) is 1. The number of phosphoric ester groups is 1. The first-order chi connectivity index (χ1) is 10.2. The molecule has 1 saturated carbocycles. The third-order valence-electron chi connectivity index (χ3n) is 4.09. The summed E-state index contributed by atoms with van der Waals surface area (Å²) in [6.07, 6.45) is 8.79. The molecule has 2 rings (SSSR count). The molecule has 0 N–H and O–H groups in total. The Balaban J connectivity index is 1.42. The van der Waals surface area contributed by atoms with Gasteiger partial charge in [0, 0.05) is 13.2 Å². The Labute approximate surface area is 127 Å². The maximum atomic E-state index is 11.7. The van der Waals surface area contributed by atoms with Gasteiger partial charge in [0.1, 0.15) is 0 Å². The zero-order valence-corrected chi connectivity index (χ0v) is 13.6. The van der Waals surface area contributed by atoms with Gasteiger partial charge in [0.15, 0.2) is 0 Å². The Bertz CT molecular complexity index is 342. The fraction of sp³-hybridized carbons (Fsp3) is 0.867. The van der Waals surface area contributed by atoms with Crippen LogP contribution in [-0.2, 0) is 22.9 Å².